The van der Waals surface area contributed by atoms with E-state index >= 15 is 0 Å². The van der Waals surface area contributed by atoms with Crippen molar-refractivity contribution in [3.8, 4) is 6.07 Å². The van der Waals surface area contributed by atoms with Crippen molar-refractivity contribution in [1.29, 1.82) is 5.26 Å². The number of nitriles is 1. The number of hydrogen-bond donors (Lipinski definition) is 0. The Morgan fingerprint density at radius 3 is 2.32 bits per heavy atom. The van der Waals surface area contributed by atoms with Gasteiger partial charge in [-0.05, 0) is 80.2 Å². The molecule has 0 atom stereocenters. The zero-order chi connectivity index (χ0) is 13.0. The highest BCUT2D eigenvalue weighted by atomic mass is 14.7. The molecule has 4 fully saturated rings. The molecule has 0 N–H and O–H groups in total. The van der Waals surface area contributed by atoms with Crippen LogP contribution in [-0.4, -0.2) is 4.98 Å². The summed E-state index contributed by atoms with van der Waals surface area (Å²) in [6, 6.07) is 4.56. The molecule has 0 aromatic carbocycles. The fourth-order valence-corrected chi connectivity index (χ4v) is 5.38. The third-order valence-corrected chi connectivity index (χ3v) is 5.78. The minimum absolute atomic E-state index is 0.643. The standard InChI is InChI=1S/C17H20N2/c1-10-2-16(15(8-18)9-19-10)17-13-4-11-3-12(6-13)7-14(17)5-11/h2,9,11-14,17H,3-7H2,1H3. The molecule has 0 amide bonds. The Morgan fingerprint density at radius 2 is 1.74 bits per heavy atom. The Labute approximate surface area is 114 Å². The lowest BCUT2D eigenvalue weighted by molar-refractivity contribution is -0.00290. The molecular weight excluding hydrogens is 232 g/mol. The van der Waals surface area contributed by atoms with Crippen LogP contribution in [-0.2, 0) is 0 Å². The smallest absolute Gasteiger partial charge is 0.101 e. The summed E-state index contributed by atoms with van der Waals surface area (Å²) in [7, 11) is 0. The summed E-state index contributed by atoms with van der Waals surface area (Å²) in [6.07, 6.45) is 8.90. The first kappa shape index (κ1) is 11.5. The van der Waals surface area contributed by atoms with E-state index in [0.717, 1.165) is 34.9 Å². The van der Waals surface area contributed by atoms with Gasteiger partial charge in [0.15, 0.2) is 0 Å². The van der Waals surface area contributed by atoms with E-state index < -0.39 is 0 Å². The Kier molecular flexibility index (Phi) is 2.45. The number of hydrogen-bond acceptors (Lipinski definition) is 2. The largest absolute Gasteiger partial charge is 0.260 e. The van der Waals surface area contributed by atoms with E-state index in [1.165, 1.54) is 37.7 Å². The molecule has 5 rings (SSSR count). The molecule has 19 heavy (non-hydrogen) atoms. The summed E-state index contributed by atoms with van der Waals surface area (Å²) in [6.45, 7) is 2.04. The third-order valence-electron chi connectivity index (χ3n) is 5.78. The van der Waals surface area contributed by atoms with Gasteiger partial charge in [-0.3, -0.25) is 4.98 Å². The monoisotopic (exact) mass is 252 g/mol. The second-order valence-corrected chi connectivity index (χ2v) is 6.98. The van der Waals surface area contributed by atoms with Crippen molar-refractivity contribution in [3.63, 3.8) is 0 Å². The molecule has 1 heterocycles. The van der Waals surface area contributed by atoms with Crippen LogP contribution < -0.4 is 0 Å². The molecule has 0 spiro atoms. The fourth-order valence-electron chi connectivity index (χ4n) is 5.38. The van der Waals surface area contributed by atoms with Crippen LogP contribution in [0.4, 0.5) is 0 Å². The molecule has 98 valence electrons. The highest BCUT2D eigenvalue weighted by Crippen LogP contribution is 2.60. The molecule has 4 aliphatic carbocycles. The van der Waals surface area contributed by atoms with E-state index in [0.29, 0.717) is 5.92 Å². The highest BCUT2D eigenvalue weighted by Gasteiger charge is 2.49. The zero-order valence-electron chi connectivity index (χ0n) is 11.5. The van der Waals surface area contributed by atoms with Gasteiger partial charge in [0.1, 0.15) is 6.07 Å². The van der Waals surface area contributed by atoms with E-state index in [-0.39, 0.29) is 0 Å². The van der Waals surface area contributed by atoms with Crippen molar-refractivity contribution in [2.75, 3.05) is 0 Å². The molecule has 1 aromatic rings. The predicted octanol–water partition coefficient (Wildman–Crippen LogP) is 3.80. The number of aromatic nitrogens is 1. The normalized spacial score (nSPS) is 39.3. The van der Waals surface area contributed by atoms with Gasteiger partial charge < -0.3 is 0 Å². The molecule has 2 nitrogen and oxygen atoms in total. The van der Waals surface area contributed by atoms with E-state index in [1.54, 1.807) is 6.20 Å². The highest BCUT2D eigenvalue weighted by molar-refractivity contribution is 5.40. The first-order valence-electron chi connectivity index (χ1n) is 7.61. The molecule has 0 aliphatic heterocycles. The van der Waals surface area contributed by atoms with E-state index in [2.05, 4.69) is 17.1 Å². The number of pyridine rings is 1. The molecule has 2 heteroatoms. The first-order valence-corrected chi connectivity index (χ1v) is 7.61. The zero-order valence-corrected chi connectivity index (χ0v) is 11.5. The maximum absolute atomic E-state index is 9.37. The average Bonchev–Trinajstić information content (AvgIpc) is 2.37. The second-order valence-electron chi connectivity index (χ2n) is 6.98. The van der Waals surface area contributed by atoms with Crippen LogP contribution in [0.15, 0.2) is 12.3 Å². The van der Waals surface area contributed by atoms with Gasteiger partial charge in [0.25, 0.3) is 0 Å². The molecule has 0 saturated heterocycles. The minimum atomic E-state index is 0.643. The molecule has 0 unspecified atom stereocenters. The average molecular weight is 252 g/mol. The van der Waals surface area contributed by atoms with E-state index in [4.69, 9.17) is 0 Å². The van der Waals surface area contributed by atoms with Gasteiger partial charge in [-0.2, -0.15) is 5.26 Å². The summed E-state index contributed by atoms with van der Waals surface area (Å²) < 4.78 is 0. The Morgan fingerprint density at radius 1 is 1.11 bits per heavy atom. The quantitative estimate of drug-likeness (QED) is 0.762. The number of aryl methyl sites for hydroxylation is 1. The van der Waals surface area contributed by atoms with E-state index in [9.17, 15) is 5.26 Å². The van der Waals surface area contributed by atoms with Crippen LogP contribution in [0, 0.1) is 41.9 Å². The van der Waals surface area contributed by atoms with Crippen molar-refractivity contribution in [1.82, 2.24) is 4.98 Å². The molecular formula is C17H20N2. The molecule has 4 aliphatic rings. The lowest BCUT2D eigenvalue weighted by Gasteiger charge is -2.54. The lowest BCUT2D eigenvalue weighted by atomic mass is 9.50. The van der Waals surface area contributed by atoms with Crippen molar-refractivity contribution in [2.24, 2.45) is 23.7 Å². The Balaban J connectivity index is 1.77. The van der Waals surface area contributed by atoms with Gasteiger partial charge in [-0.15, -0.1) is 0 Å². The second kappa shape index (κ2) is 4.07. The summed E-state index contributed by atoms with van der Waals surface area (Å²) in [4.78, 5) is 4.30. The van der Waals surface area contributed by atoms with Gasteiger partial charge in [-0.1, -0.05) is 0 Å². The Bertz CT molecular complexity index is 527. The number of rotatable bonds is 1. The van der Waals surface area contributed by atoms with Crippen LogP contribution >= 0.6 is 0 Å². The van der Waals surface area contributed by atoms with Gasteiger partial charge in [0.05, 0.1) is 5.56 Å². The minimum Gasteiger partial charge on any atom is -0.260 e. The van der Waals surface area contributed by atoms with Crippen molar-refractivity contribution in [3.05, 3.63) is 29.1 Å². The fraction of sp³-hybridized carbons (Fsp3) is 0.647. The van der Waals surface area contributed by atoms with Crippen LogP contribution in [0.5, 0.6) is 0 Å². The van der Waals surface area contributed by atoms with E-state index in [1.807, 2.05) is 6.92 Å². The topological polar surface area (TPSA) is 36.7 Å². The molecule has 4 bridgehead atoms. The SMILES string of the molecule is Cc1cc(C2C3CC4CC(C3)CC2C4)c(C#N)cn1. The summed E-state index contributed by atoms with van der Waals surface area (Å²) in [5, 5.41) is 9.37. The molecule has 0 radical (unpaired) electrons. The maximum atomic E-state index is 9.37. The summed E-state index contributed by atoms with van der Waals surface area (Å²) >= 11 is 0. The van der Waals surface area contributed by atoms with Crippen molar-refractivity contribution in [2.45, 2.75) is 44.9 Å². The summed E-state index contributed by atoms with van der Waals surface area (Å²) in [5.74, 6) is 4.30. The third kappa shape index (κ3) is 1.71. The van der Waals surface area contributed by atoms with Gasteiger partial charge in [0.2, 0.25) is 0 Å². The van der Waals surface area contributed by atoms with Gasteiger partial charge >= 0.3 is 0 Å². The summed E-state index contributed by atoms with van der Waals surface area (Å²) in [5.41, 5.74) is 3.19. The lowest BCUT2D eigenvalue weighted by Crippen LogP contribution is -2.44. The van der Waals surface area contributed by atoms with Crippen LogP contribution in [0.2, 0.25) is 0 Å². The van der Waals surface area contributed by atoms with Crippen LogP contribution in [0.1, 0.15) is 54.8 Å². The molecule has 1 aromatic heterocycles. The molecule has 4 saturated carbocycles. The van der Waals surface area contributed by atoms with Crippen molar-refractivity contribution < 1.29 is 0 Å². The van der Waals surface area contributed by atoms with Gasteiger partial charge in [0, 0.05) is 11.9 Å². The van der Waals surface area contributed by atoms with Crippen molar-refractivity contribution >= 4 is 0 Å². The van der Waals surface area contributed by atoms with Gasteiger partial charge in [-0.25, -0.2) is 0 Å². The maximum Gasteiger partial charge on any atom is 0.101 e. The number of nitrogens with zero attached hydrogens (tertiary/aromatic N) is 2. The van der Waals surface area contributed by atoms with Crippen LogP contribution in [0.25, 0.3) is 0 Å². The van der Waals surface area contributed by atoms with Crippen LogP contribution in [0.3, 0.4) is 0 Å². The first-order chi connectivity index (χ1) is 9.24. The Hall–Kier alpha value is -1.36. The predicted molar refractivity (Wildman–Crippen MR) is 73.5 cm³/mol.